The molecule has 0 saturated heterocycles. The summed E-state index contributed by atoms with van der Waals surface area (Å²) in [5.41, 5.74) is 0.627. The van der Waals surface area contributed by atoms with Crippen molar-refractivity contribution in [1.29, 1.82) is 0 Å². The molecule has 2 aromatic rings. The number of H-pyrrole nitrogens is 1. The number of carbonyl (C=O) groups is 1. The fraction of sp³-hybridized carbons (Fsp3) is 0.167. The number of hydrogen-bond donors (Lipinski definition) is 2. The number of carbonyl (C=O) groups excluding carboxylic acids is 1. The van der Waals surface area contributed by atoms with Gasteiger partial charge in [0.05, 0.1) is 6.54 Å². The average molecular weight is 194 g/mol. The van der Waals surface area contributed by atoms with Crippen LogP contribution < -0.4 is 5.32 Å². The van der Waals surface area contributed by atoms with Crippen LogP contribution in [0, 0.1) is 0 Å². The second kappa shape index (κ2) is 3.64. The number of hydrogen-bond acceptors (Lipinski definition) is 6. The molecule has 0 spiro atoms. The Kier molecular flexibility index (Phi) is 2.17. The van der Waals surface area contributed by atoms with E-state index in [0.717, 1.165) is 0 Å². The van der Waals surface area contributed by atoms with Gasteiger partial charge in [-0.1, -0.05) is 5.16 Å². The fourth-order valence-electron chi connectivity index (χ4n) is 0.837. The van der Waals surface area contributed by atoms with Crippen molar-refractivity contribution >= 4 is 5.91 Å². The monoisotopic (exact) mass is 194 g/mol. The molecule has 14 heavy (non-hydrogen) atoms. The van der Waals surface area contributed by atoms with Gasteiger partial charge in [-0.25, -0.2) is 0 Å². The van der Waals surface area contributed by atoms with Gasteiger partial charge < -0.3 is 9.84 Å². The molecule has 2 N–H and O–H groups in total. The van der Waals surface area contributed by atoms with Gasteiger partial charge in [-0.3, -0.25) is 4.79 Å². The van der Waals surface area contributed by atoms with Gasteiger partial charge in [-0.05, 0) is 5.21 Å². The minimum atomic E-state index is -0.415. The van der Waals surface area contributed by atoms with Crippen LogP contribution >= 0.6 is 0 Å². The van der Waals surface area contributed by atoms with Crippen molar-refractivity contribution in [3.63, 3.8) is 0 Å². The predicted octanol–water partition coefficient (Wildman–Crippen LogP) is -0.882. The molecule has 8 heteroatoms. The van der Waals surface area contributed by atoms with Crippen LogP contribution in [0.3, 0.4) is 0 Å². The maximum atomic E-state index is 11.2. The van der Waals surface area contributed by atoms with Crippen molar-refractivity contribution < 1.29 is 9.32 Å². The Balaban J connectivity index is 1.90. The first-order chi connectivity index (χ1) is 6.86. The lowest BCUT2D eigenvalue weighted by molar-refractivity contribution is 0.0939. The summed E-state index contributed by atoms with van der Waals surface area (Å²) in [6, 6.07) is 1.65. The highest BCUT2D eigenvalue weighted by Crippen LogP contribution is 1.93. The number of rotatable bonds is 3. The third kappa shape index (κ3) is 1.73. The highest BCUT2D eigenvalue weighted by atomic mass is 16.5. The molecule has 2 heterocycles. The first-order valence-electron chi connectivity index (χ1n) is 3.77. The molecule has 0 fully saturated rings. The van der Waals surface area contributed by atoms with Crippen molar-refractivity contribution in [2.24, 2.45) is 0 Å². The van der Waals surface area contributed by atoms with Crippen LogP contribution in [0.15, 0.2) is 16.9 Å². The van der Waals surface area contributed by atoms with Crippen LogP contribution in [-0.4, -0.2) is 31.7 Å². The molecule has 8 nitrogen and oxygen atoms in total. The van der Waals surface area contributed by atoms with Crippen molar-refractivity contribution in [2.75, 3.05) is 0 Å². The lowest BCUT2D eigenvalue weighted by Crippen LogP contribution is -2.24. The van der Waals surface area contributed by atoms with Crippen molar-refractivity contribution in [3.05, 3.63) is 23.8 Å². The van der Waals surface area contributed by atoms with E-state index in [2.05, 4.69) is 35.6 Å². The Morgan fingerprint density at radius 1 is 1.64 bits per heavy atom. The van der Waals surface area contributed by atoms with E-state index in [1.807, 2.05) is 0 Å². The Hall–Kier alpha value is -2.25. The highest BCUT2D eigenvalue weighted by Gasteiger charge is 2.10. The largest absolute Gasteiger partial charge is 0.364 e. The second-order valence-corrected chi connectivity index (χ2v) is 2.41. The number of nitrogens with zero attached hydrogens (tertiary/aromatic N) is 4. The summed E-state index contributed by atoms with van der Waals surface area (Å²) in [7, 11) is 0. The van der Waals surface area contributed by atoms with Gasteiger partial charge in [0.15, 0.2) is 0 Å². The summed E-state index contributed by atoms with van der Waals surface area (Å²) in [5.74, 6) is -0.421. The van der Waals surface area contributed by atoms with E-state index >= 15 is 0 Å². The first kappa shape index (κ1) is 8.35. The van der Waals surface area contributed by atoms with Crippen LogP contribution in [0.2, 0.25) is 0 Å². The zero-order valence-electron chi connectivity index (χ0n) is 6.97. The molecule has 0 aliphatic rings. The van der Waals surface area contributed by atoms with Crippen LogP contribution in [0.4, 0.5) is 0 Å². The third-order valence-electron chi connectivity index (χ3n) is 1.47. The van der Waals surface area contributed by atoms with Crippen molar-refractivity contribution in [3.8, 4) is 0 Å². The van der Waals surface area contributed by atoms with E-state index in [1.54, 1.807) is 6.07 Å². The molecule has 0 aliphatic carbocycles. The zero-order valence-corrected chi connectivity index (χ0v) is 6.97. The molecule has 0 aliphatic heterocycles. The molecule has 0 atom stereocenters. The van der Waals surface area contributed by atoms with Gasteiger partial charge >= 0.3 is 0 Å². The molecule has 1 amide bonds. The SMILES string of the molecule is O=C(NCc1ccon1)c1nn[nH]n1. The molecule has 2 aromatic heterocycles. The number of aromatic amines is 1. The van der Waals surface area contributed by atoms with E-state index in [-0.39, 0.29) is 12.4 Å². The maximum absolute atomic E-state index is 11.2. The molecular weight excluding hydrogens is 188 g/mol. The number of nitrogens with one attached hydrogen (secondary N) is 2. The number of aromatic nitrogens is 5. The topological polar surface area (TPSA) is 110 Å². The van der Waals surface area contributed by atoms with Gasteiger partial charge in [-0.15, -0.1) is 10.2 Å². The van der Waals surface area contributed by atoms with Crippen LogP contribution in [0.5, 0.6) is 0 Å². The Morgan fingerprint density at radius 3 is 3.21 bits per heavy atom. The molecule has 2 rings (SSSR count). The number of tetrazole rings is 1. The van der Waals surface area contributed by atoms with Gasteiger partial charge in [0.25, 0.3) is 11.7 Å². The third-order valence-corrected chi connectivity index (χ3v) is 1.47. The van der Waals surface area contributed by atoms with Gasteiger partial charge in [0.1, 0.15) is 12.0 Å². The molecule has 0 radical (unpaired) electrons. The van der Waals surface area contributed by atoms with Gasteiger partial charge in [-0.2, -0.15) is 5.21 Å². The minimum Gasteiger partial charge on any atom is -0.364 e. The quantitative estimate of drug-likeness (QED) is 0.656. The van der Waals surface area contributed by atoms with E-state index in [0.29, 0.717) is 5.69 Å². The summed E-state index contributed by atoms with van der Waals surface area (Å²) < 4.78 is 4.59. The highest BCUT2D eigenvalue weighted by molar-refractivity contribution is 5.89. The van der Waals surface area contributed by atoms with E-state index in [9.17, 15) is 4.79 Å². The molecule has 0 aromatic carbocycles. The van der Waals surface area contributed by atoms with E-state index in [1.165, 1.54) is 6.26 Å². The molecule has 0 bridgehead atoms. The van der Waals surface area contributed by atoms with E-state index in [4.69, 9.17) is 0 Å². The van der Waals surface area contributed by atoms with Gasteiger partial charge in [0, 0.05) is 6.07 Å². The Morgan fingerprint density at radius 2 is 2.57 bits per heavy atom. The molecule has 72 valence electrons. The van der Waals surface area contributed by atoms with Crippen molar-refractivity contribution in [2.45, 2.75) is 6.54 Å². The smallest absolute Gasteiger partial charge is 0.293 e. The first-order valence-corrected chi connectivity index (χ1v) is 3.77. The normalized spacial score (nSPS) is 10.0. The average Bonchev–Trinajstić information content (AvgIpc) is 2.87. The summed E-state index contributed by atoms with van der Waals surface area (Å²) in [5, 5.41) is 18.6. The summed E-state index contributed by atoms with van der Waals surface area (Å²) in [6.07, 6.45) is 1.43. The van der Waals surface area contributed by atoms with Crippen LogP contribution in [0.1, 0.15) is 16.3 Å². The minimum absolute atomic E-state index is 0.00602. The van der Waals surface area contributed by atoms with Crippen LogP contribution in [-0.2, 0) is 6.54 Å². The number of amides is 1. The lowest BCUT2D eigenvalue weighted by Gasteiger charge is -1.96. The predicted molar refractivity (Wildman–Crippen MR) is 41.9 cm³/mol. The lowest BCUT2D eigenvalue weighted by atomic mass is 10.4. The zero-order chi connectivity index (χ0) is 9.80. The second-order valence-electron chi connectivity index (χ2n) is 2.41. The molecular formula is C6H6N6O2. The molecule has 0 unspecified atom stereocenters. The Bertz CT molecular complexity index is 394. The van der Waals surface area contributed by atoms with Gasteiger partial charge in [0.2, 0.25) is 0 Å². The molecule has 0 saturated carbocycles. The maximum Gasteiger partial charge on any atom is 0.293 e. The van der Waals surface area contributed by atoms with E-state index < -0.39 is 5.91 Å². The Labute approximate surface area is 77.7 Å². The van der Waals surface area contributed by atoms with Crippen molar-refractivity contribution in [1.82, 2.24) is 31.1 Å². The van der Waals surface area contributed by atoms with Crippen LogP contribution in [0.25, 0.3) is 0 Å². The summed E-state index contributed by atoms with van der Waals surface area (Å²) in [4.78, 5) is 11.2. The standard InChI is InChI=1S/C6H6N6O2/c13-6(5-8-11-12-9-5)7-3-4-1-2-14-10-4/h1-2H,3H2,(H,7,13)(H,8,9,11,12). The summed E-state index contributed by atoms with van der Waals surface area (Å²) >= 11 is 0. The fourth-order valence-corrected chi connectivity index (χ4v) is 0.837. The summed E-state index contributed by atoms with van der Waals surface area (Å²) in [6.45, 7) is 0.268.